The number of fused-ring (bicyclic) bond motifs is 3. The number of nitrogens with zero attached hydrogens (tertiary/aromatic N) is 3. The molecule has 0 N–H and O–H groups in total. The molecule has 4 aromatic carbocycles. The highest BCUT2D eigenvalue weighted by atomic mass is 16.5. The number of aliphatic imine (C=N–C) groups is 1. The summed E-state index contributed by atoms with van der Waals surface area (Å²) < 4.78 is 15.7. The maximum atomic E-state index is 6.93. The summed E-state index contributed by atoms with van der Waals surface area (Å²) in [6.45, 7) is 27.5. The van der Waals surface area contributed by atoms with Crippen LogP contribution in [-0.2, 0) is 15.6 Å². The van der Waals surface area contributed by atoms with E-state index in [0.29, 0.717) is 18.4 Å². The molecule has 0 unspecified atom stereocenters. The standard InChI is InChI=1S/C51H61N3O2/c1-13-15-37(16-14-2)51(12)31-55-48(53-51)36-25-35(47-33(4)23-32(3)24-34(47)5)26-41(27-36)56-40-18-19-42-43-28-38(49(6,7)8)17-20-44(43)54(45(42)30-40)46-29-39(21-22-52-46)50(9,10)11/h17-30,37H,13-16,31H2,1-12H3/t51-/m0/s1. The SMILES string of the molecule is CCCC(CCC)[C@]1(C)COC(c2cc(Oc3ccc4c5cc(C(C)(C)C)ccc5n(-c5cc(C(C)(C)C)ccn5)c4c3)cc(-c3c(C)cc(C)cc3C)c2)=N1. The van der Waals surface area contributed by atoms with E-state index in [-0.39, 0.29) is 16.4 Å². The van der Waals surface area contributed by atoms with Crippen LogP contribution in [0.25, 0.3) is 38.8 Å². The molecule has 0 spiro atoms. The van der Waals surface area contributed by atoms with Gasteiger partial charge in [0.25, 0.3) is 0 Å². The lowest BCUT2D eigenvalue weighted by molar-refractivity contribution is 0.188. The van der Waals surface area contributed by atoms with Crippen LogP contribution in [0.1, 0.15) is 121 Å². The maximum Gasteiger partial charge on any atom is 0.216 e. The third-order valence-corrected chi connectivity index (χ3v) is 11.8. The normalized spacial score (nSPS) is 16.2. The quantitative estimate of drug-likeness (QED) is 0.140. The summed E-state index contributed by atoms with van der Waals surface area (Å²) in [5.41, 5.74) is 11.5. The van der Waals surface area contributed by atoms with Crippen molar-refractivity contribution in [1.82, 2.24) is 9.55 Å². The molecule has 5 nitrogen and oxygen atoms in total. The Kier molecular flexibility index (Phi) is 10.5. The van der Waals surface area contributed by atoms with Crippen LogP contribution in [0.5, 0.6) is 11.5 Å². The first-order valence-electron chi connectivity index (χ1n) is 20.7. The van der Waals surface area contributed by atoms with E-state index in [9.17, 15) is 0 Å². The highest BCUT2D eigenvalue weighted by Crippen LogP contribution is 2.41. The number of rotatable bonds is 10. The summed E-state index contributed by atoms with van der Waals surface area (Å²) in [5, 5.41) is 2.38. The van der Waals surface area contributed by atoms with Crippen molar-refractivity contribution in [3.8, 4) is 28.4 Å². The Morgan fingerprint density at radius 2 is 1.38 bits per heavy atom. The fraction of sp³-hybridized carbons (Fsp3) is 0.412. The van der Waals surface area contributed by atoms with Gasteiger partial charge in [-0.25, -0.2) is 9.98 Å². The molecule has 5 heteroatoms. The highest BCUT2D eigenvalue weighted by Gasteiger charge is 2.39. The minimum Gasteiger partial charge on any atom is -0.475 e. The minimum absolute atomic E-state index is 0.0152. The molecule has 0 radical (unpaired) electrons. The van der Waals surface area contributed by atoms with Crippen LogP contribution in [0.4, 0.5) is 0 Å². The zero-order valence-corrected chi connectivity index (χ0v) is 35.9. The van der Waals surface area contributed by atoms with Gasteiger partial charge < -0.3 is 9.47 Å². The molecule has 56 heavy (non-hydrogen) atoms. The predicted molar refractivity (Wildman–Crippen MR) is 236 cm³/mol. The van der Waals surface area contributed by atoms with Crippen molar-refractivity contribution < 1.29 is 9.47 Å². The van der Waals surface area contributed by atoms with Crippen molar-refractivity contribution in [1.29, 1.82) is 0 Å². The number of ether oxygens (including phenoxy) is 2. The monoisotopic (exact) mass is 747 g/mol. The fourth-order valence-corrected chi connectivity index (χ4v) is 8.81. The van der Waals surface area contributed by atoms with E-state index < -0.39 is 0 Å². The zero-order valence-electron chi connectivity index (χ0n) is 35.9. The van der Waals surface area contributed by atoms with Gasteiger partial charge in [-0.1, -0.05) is 92.0 Å². The molecule has 0 saturated heterocycles. The Morgan fingerprint density at radius 3 is 2.04 bits per heavy atom. The van der Waals surface area contributed by atoms with Gasteiger partial charge in [0.05, 0.1) is 16.6 Å². The van der Waals surface area contributed by atoms with Crippen molar-refractivity contribution in [3.05, 3.63) is 118 Å². The number of hydrogen-bond acceptors (Lipinski definition) is 4. The predicted octanol–water partition coefficient (Wildman–Crippen LogP) is 13.9. The molecule has 0 saturated carbocycles. The average molecular weight is 748 g/mol. The highest BCUT2D eigenvalue weighted by molar-refractivity contribution is 6.10. The van der Waals surface area contributed by atoms with E-state index in [4.69, 9.17) is 19.5 Å². The molecular formula is C51H61N3O2. The molecule has 0 fully saturated rings. The van der Waals surface area contributed by atoms with Crippen LogP contribution < -0.4 is 4.74 Å². The smallest absolute Gasteiger partial charge is 0.216 e. The van der Waals surface area contributed by atoms with Crippen LogP contribution in [-0.4, -0.2) is 27.6 Å². The number of aryl methyl sites for hydroxylation is 3. The third-order valence-electron chi connectivity index (χ3n) is 11.8. The topological polar surface area (TPSA) is 48.6 Å². The molecular weight excluding hydrogens is 687 g/mol. The van der Waals surface area contributed by atoms with Gasteiger partial charge in [0, 0.05) is 28.6 Å². The lowest BCUT2D eigenvalue weighted by atomic mass is 9.81. The summed E-state index contributed by atoms with van der Waals surface area (Å²) in [5.74, 6) is 3.59. The number of aromatic nitrogens is 2. The Bertz CT molecular complexity index is 2430. The van der Waals surface area contributed by atoms with Crippen molar-refractivity contribution in [2.24, 2.45) is 10.9 Å². The number of pyridine rings is 1. The van der Waals surface area contributed by atoms with Crippen molar-refractivity contribution >= 4 is 27.7 Å². The van der Waals surface area contributed by atoms with Crippen LogP contribution >= 0.6 is 0 Å². The lowest BCUT2D eigenvalue weighted by Crippen LogP contribution is -2.34. The molecule has 7 rings (SSSR count). The summed E-state index contributed by atoms with van der Waals surface area (Å²) in [6.07, 6.45) is 6.51. The first kappa shape index (κ1) is 39.3. The van der Waals surface area contributed by atoms with Gasteiger partial charge in [-0.05, 0) is 145 Å². The van der Waals surface area contributed by atoms with Gasteiger partial charge in [-0.15, -0.1) is 0 Å². The second-order valence-electron chi connectivity index (χ2n) is 18.6. The molecule has 1 aliphatic heterocycles. The van der Waals surface area contributed by atoms with Gasteiger partial charge in [-0.3, -0.25) is 4.57 Å². The molecule has 2 aromatic heterocycles. The number of hydrogen-bond donors (Lipinski definition) is 0. The molecule has 0 bridgehead atoms. The van der Waals surface area contributed by atoms with Crippen molar-refractivity contribution in [2.75, 3.05) is 6.61 Å². The summed E-state index contributed by atoms with van der Waals surface area (Å²) in [6, 6.07) is 28.7. The van der Waals surface area contributed by atoms with Gasteiger partial charge in [-0.2, -0.15) is 0 Å². The van der Waals surface area contributed by atoms with Crippen molar-refractivity contribution in [2.45, 2.75) is 125 Å². The fourth-order valence-electron chi connectivity index (χ4n) is 8.81. The Labute approximate surface area is 335 Å². The maximum absolute atomic E-state index is 6.93. The van der Waals surface area contributed by atoms with E-state index in [0.717, 1.165) is 65.2 Å². The molecule has 6 aromatic rings. The Balaban J connectivity index is 1.39. The molecule has 0 amide bonds. The van der Waals surface area contributed by atoms with Crippen LogP contribution in [0.15, 0.2) is 90.1 Å². The first-order chi connectivity index (χ1) is 26.5. The summed E-state index contributed by atoms with van der Waals surface area (Å²) in [4.78, 5) is 10.3. The van der Waals surface area contributed by atoms with E-state index >= 15 is 0 Å². The van der Waals surface area contributed by atoms with Crippen molar-refractivity contribution in [3.63, 3.8) is 0 Å². The largest absolute Gasteiger partial charge is 0.475 e. The first-order valence-corrected chi connectivity index (χ1v) is 20.7. The Hall–Kier alpha value is -4.90. The average Bonchev–Trinajstić information content (AvgIpc) is 3.68. The second kappa shape index (κ2) is 14.9. The van der Waals surface area contributed by atoms with Crippen LogP contribution in [0.3, 0.4) is 0 Å². The Morgan fingerprint density at radius 1 is 0.714 bits per heavy atom. The molecule has 0 aliphatic carbocycles. The molecule has 292 valence electrons. The van der Waals surface area contributed by atoms with E-state index in [1.807, 2.05) is 6.20 Å². The van der Waals surface area contributed by atoms with E-state index in [1.165, 1.54) is 44.2 Å². The van der Waals surface area contributed by atoms with Crippen LogP contribution in [0, 0.1) is 26.7 Å². The molecule has 1 atom stereocenters. The van der Waals surface area contributed by atoms with E-state index in [2.05, 4.69) is 167 Å². The second-order valence-corrected chi connectivity index (χ2v) is 18.6. The zero-order chi connectivity index (χ0) is 40.2. The van der Waals surface area contributed by atoms with E-state index in [1.54, 1.807) is 0 Å². The molecule has 1 aliphatic rings. The summed E-state index contributed by atoms with van der Waals surface area (Å²) >= 11 is 0. The van der Waals surface area contributed by atoms with Gasteiger partial charge in [0.15, 0.2) is 0 Å². The third kappa shape index (κ3) is 7.62. The number of benzene rings is 4. The minimum atomic E-state index is -0.252. The van der Waals surface area contributed by atoms with Gasteiger partial charge in [0.1, 0.15) is 23.9 Å². The van der Waals surface area contributed by atoms with Gasteiger partial charge in [0.2, 0.25) is 5.90 Å². The molecule has 3 heterocycles. The summed E-state index contributed by atoms with van der Waals surface area (Å²) in [7, 11) is 0. The lowest BCUT2D eigenvalue weighted by Gasteiger charge is -2.29. The van der Waals surface area contributed by atoms with Gasteiger partial charge >= 0.3 is 0 Å². The van der Waals surface area contributed by atoms with Crippen LogP contribution in [0.2, 0.25) is 0 Å².